The molecule has 4 fully saturated rings. The number of likely N-dealkylation sites (tertiary alicyclic amines) is 4. The number of nitrogens with zero attached hydrogens (tertiary/aromatic N) is 8. The van der Waals surface area contributed by atoms with E-state index in [1.165, 1.54) is 22.3 Å². The lowest BCUT2D eigenvalue weighted by Gasteiger charge is -2.46. The Kier molecular flexibility index (Phi) is 42.7. The number of methoxy groups -OCH3 is 2. The number of amides is 4. The molecule has 4 aliphatic heterocycles. The van der Waals surface area contributed by atoms with Crippen LogP contribution in [0.1, 0.15) is 112 Å². The van der Waals surface area contributed by atoms with E-state index in [0.717, 1.165) is 164 Å². The number of halogens is 5. The smallest absolute Gasteiger partial charge is 0.369 e. The van der Waals surface area contributed by atoms with Crippen LogP contribution in [0.5, 0.6) is 23.0 Å². The summed E-state index contributed by atoms with van der Waals surface area (Å²) in [5.74, 6) is 0.461. The molecule has 4 saturated heterocycles. The van der Waals surface area contributed by atoms with Gasteiger partial charge in [0.05, 0.1) is 36.6 Å². The van der Waals surface area contributed by atoms with Crippen molar-refractivity contribution in [2.45, 2.75) is 73.8 Å². The maximum absolute atomic E-state index is 11.7. The SMILES string of the molecule is BrB(Br)Br.CN(C)C[C@H]1CN(CCc2ccc(O)cc2)CC[C@]1(O)c1cccc(C(N)=O)c1.CN(C)C[C@H]1CN(CCc2ccc(O)cc2)CC[C@]1(O)c1cccc(C(N)=O)c1.COc1ccc(CCN2CCC(O)(c3cccc(C(N)=O)c3)C(CN(C)C)C2)cc1.COc1ccc(CCN2CC[C@](O)(c3cccc(C(N)=O)c3)[C@@H](CN(C)C)C2)cc1.Cl.Cl. The number of nitrogens with two attached hydrogens (primary N) is 4. The van der Waals surface area contributed by atoms with Crippen LogP contribution in [0.3, 0.4) is 0 Å². The number of aliphatic hydroxyl groups is 4. The van der Waals surface area contributed by atoms with Gasteiger partial charge in [0.2, 0.25) is 23.6 Å². The highest BCUT2D eigenvalue weighted by Crippen LogP contribution is 2.43. The normalized spacial score (nSPS) is 21.6. The fourth-order valence-corrected chi connectivity index (χ4v) is 17.1. The molecule has 0 spiro atoms. The summed E-state index contributed by atoms with van der Waals surface area (Å²) in [5, 5.41) is 65.6. The van der Waals surface area contributed by atoms with Gasteiger partial charge in [-0.1, -0.05) is 97.1 Å². The van der Waals surface area contributed by atoms with Crippen molar-refractivity contribution in [1.29, 1.82) is 0 Å². The summed E-state index contributed by atoms with van der Waals surface area (Å²) in [4.78, 5) is 64.5. The summed E-state index contributed by atoms with van der Waals surface area (Å²) in [7, 11) is 19.5. The highest BCUT2D eigenvalue weighted by molar-refractivity contribution is 9.69. The summed E-state index contributed by atoms with van der Waals surface area (Å²) in [6, 6.07) is 59.5. The molecule has 4 heterocycles. The van der Waals surface area contributed by atoms with E-state index in [2.05, 4.69) is 111 Å². The van der Waals surface area contributed by atoms with Gasteiger partial charge < -0.3 is 102 Å². The van der Waals surface area contributed by atoms with E-state index in [1.54, 1.807) is 111 Å². The highest BCUT2D eigenvalue weighted by Gasteiger charge is 2.47. The van der Waals surface area contributed by atoms with Gasteiger partial charge in [-0.25, -0.2) is 0 Å². The number of hydrogen-bond donors (Lipinski definition) is 10. The molecule has 8 aromatic rings. The number of piperidine rings is 4. The first-order valence-electron chi connectivity index (χ1n) is 41.6. The summed E-state index contributed by atoms with van der Waals surface area (Å²) in [6.45, 7) is 13.0. The lowest BCUT2D eigenvalue weighted by Crippen LogP contribution is -2.53. The van der Waals surface area contributed by atoms with Gasteiger partial charge in [0, 0.05) is 151 Å². The standard InChI is InChI=1S/2C24H33N3O3.2C23H31N3O3.BBr3.2ClH/c2*1-26(2)16-21-17-27(13-11-18-7-9-22(30-3)10-8-18)14-12-24(21,29)20-6-4-5-19(15-20)23(25)28;2*1-25(2)15-20-16-26(12-10-17-6-8-21(27)9-7-17)13-11-23(20,29)19-5-3-4-18(14-19)22(24)28;2-1(3)4;;/h2*4-10,15,21,29H,11-14,16-17H2,1-3H3,(H2,25,28);2*3-9,14,20,27,29H,10-13,15-16H2,1-2H3,(H2,24,28);;2*1H/t21-,24-;;2*20-,23-;;;/m0.00.../s1. The van der Waals surface area contributed by atoms with Crippen LogP contribution in [0.25, 0.3) is 0 Å². The second-order valence-corrected chi connectivity index (χ2v) is 40.2. The van der Waals surface area contributed by atoms with Crippen LogP contribution in [0.4, 0.5) is 0 Å². The maximum Gasteiger partial charge on any atom is 0.369 e. The fourth-order valence-electron chi connectivity index (χ4n) is 17.1. The minimum Gasteiger partial charge on any atom is -0.508 e. The van der Waals surface area contributed by atoms with E-state index in [4.69, 9.17) is 32.4 Å². The molecule has 8 aromatic carbocycles. The molecule has 0 saturated carbocycles. The van der Waals surface area contributed by atoms with Crippen LogP contribution in [0.15, 0.2) is 194 Å². The molecule has 8 atom stereocenters. The number of hydrogen-bond acceptors (Lipinski definition) is 20. The third-order valence-corrected chi connectivity index (χ3v) is 23.8. The molecule has 0 bridgehead atoms. The molecule has 24 nitrogen and oxygen atoms in total. The Balaban J connectivity index is 0.000000250. The van der Waals surface area contributed by atoms with Gasteiger partial charge in [-0.05, 0) is 249 Å². The topological polar surface area (TPSA) is 338 Å². The third kappa shape index (κ3) is 31.4. The summed E-state index contributed by atoms with van der Waals surface area (Å²) in [6.07, 6.45) is 6.14. The van der Waals surface area contributed by atoms with Crippen molar-refractivity contribution < 1.29 is 59.3 Å². The van der Waals surface area contributed by atoms with Crippen molar-refractivity contribution >= 4 is 98.9 Å². The number of phenols is 2. The minimum absolute atomic E-state index is 0. The van der Waals surface area contributed by atoms with Gasteiger partial charge >= 0.3 is 3.18 Å². The van der Waals surface area contributed by atoms with Crippen LogP contribution in [-0.2, 0) is 48.1 Å². The maximum atomic E-state index is 11.7. The average molecular weight is 1940 g/mol. The Labute approximate surface area is 771 Å². The zero-order valence-electron chi connectivity index (χ0n) is 73.3. The average Bonchev–Trinajstić information content (AvgIpc) is 0.789. The van der Waals surface area contributed by atoms with E-state index in [-0.39, 0.29) is 63.2 Å². The van der Waals surface area contributed by atoms with E-state index in [0.29, 0.717) is 47.9 Å². The van der Waals surface area contributed by atoms with Gasteiger partial charge in [-0.15, -0.1) is 72.1 Å². The number of rotatable bonds is 30. The number of benzene rings is 8. The van der Waals surface area contributed by atoms with Gasteiger partial charge in [0.1, 0.15) is 23.0 Å². The van der Waals surface area contributed by atoms with E-state index < -0.39 is 46.0 Å². The quantitative estimate of drug-likeness (QED) is 0.0187. The van der Waals surface area contributed by atoms with Crippen molar-refractivity contribution in [2.24, 2.45) is 46.6 Å². The molecule has 4 amide bonds. The summed E-state index contributed by atoms with van der Waals surface area (Å²) in [5.41, 5.74) is 27.6. The first kappa shape index (κ1) is 105. The van der Waals surface area contributed by atoms with Crippen LogP contribution < -0.4 is 32.4 Å². The van der Waals surface area contributed by atoms with Crippen LogP contribution in [-0.4, -0.2) is 272 Å². The first-order chi connectivity index (χ1) is 57.9. The molecule has 4 aliphatic rings. The molecule has 0 aliphatic carbocycles. The number of ether oxygens (including phenoxy) is 2. The van der Waals surface area contributed by atoms with Crippen molar-refractivity contribution in [2.75, 3.05) is 175 Å². The summed E-state index contributed by atoms with van der Waals surface area (Å²) >= 11 is 9.31. The zero-order chi connectivity index (χ0) is 89.1. The third-order valence-electron chi connectivity index (χ3n) is 23.8. The zero-order valence-corrected chi connectivity index (χ0v) is 79.7. The Morgan fingerprint density at radius 2 is 0.556 bits per heavy atom. The van der Waals surface area contributed by atoms with Crippen molar-refractivity contribution in [1.82, 2.24) is 39.2 Å². The van der Waals surface area contributed by atoms with Crippen LogP contribution in [0.2, 0.25) is 0 Å². The lowest BCUT2D eigenvalue weighted by molar-refractivity contribution is -0.0845. The largest absolute Gasteiger partial charge is 0.508 e. The number of carbonyl (C=O) groups is 4. The van der Waals surface area contributed by atoms with Gasteiger partial charge in [0.15, 0.2) is 0 Å². The number of phenolic OH excluding ortho intramolecular Hbond substituents is 2. The van der Waals surface area contributed by atoms with Gasteiger partial charge in [0.25, 0.3) is 0 Å². The molecule has 2 unspecified atom stereocenters. The number of aromatic hydroxyl groups is 2. The van der Waals surface area contributed by atoms with Crippen molar-refractivity contribution in [3.63, 3.8) is 0 Å². The van der Waals surface area contributed by atoms with Gasteiger partial charge in [-0.2, -0.15) is 0 Å². The van der Waals surface area contributed by atoms with Gasteiger partial charge in [-0.3, -0.25) is 19.2 Å². The lowest BCUT2D eigenvalue weighted by atomic mass is 9.75. The molecule has 12 rings (SSSR count). The molecular weight excluding hydrogens is 1810 g/mol. The number of primary amides is 4. The monoisotopic (exact) mass is 1940 g/mol. The minimum atomic E-state index is -0.995. The Hall–Kier alpha value is -7.56. The first-order valence-corrected chi connectivity index (χ1v) is 44.4. The Morgan fingerprint density at radius 1 is 0.363 bits per heavy atom. The number of carbonyl (C=O) groups excluding carboxylic acids is 4. The molecule has 14 N–H and O–H groups in total. The van der Waals surface area contributed by atoms with E-state index in [9.17, 15) is 49.8 Å². The van der Waals surface area contributed by atoms with E-state index in [1.807, 2.05) is 129 Å². The second kappa shape index (κ2) is 50.3. The summed E-state index contributed by atoms with van der Waals surface area (Å²) < 4.78 is 10.7. The Morgan fingerprint density at radius 3 is 0.734 bits per heavy atom. The van der Waals surface area contributed by atoms with Crippen LogP contribution >= 0.6 is 72.1 Å². The second-order valence-electron chi connectivity index (χ2n) is 33.8. The molecule has 676 valence electrons. The Bertz CT molecular complexity index is 4330. The van der Waals surface area contributed by atoms with Crippen molar-refractivity contribution in [3.05, 3.63) is 261 Å². The predicted octanol–water partition coefficient (Wildman–Crippen LogP) is 10.8. The van der Waals surface area contributed by atoms with Crippen molar-refractivity contribution in [3.8, 4) is 23.0 Å². The highest BCUT2D eigenvalue weighted by atomic mass is 79.9. The predicted molar refractivity (Wildman–Crippen MR) is 512 cm³/mol. The van der Waals surface area contributed by atoms with Crippen LogP contribution in [0, 0.1) is 23.7 Å². The molecule has 124 heavy (non-hydrogen) atoms. The molecule has 0 radical (unpaired) electrons. The molecule has 30 heteroatoms. The molecule has 0 aromatic heterocycles. The van der Waals surface area contributed by atoms with E-state index >= 15 is 0 Å². The fraction of sp³-hybridized carbons (Fsp3) is 0.447. The molecular formula is C94H130BBr3Cl2N12O12.